The van der Waals surface area contributed by atoms with Gasteiger partial charge in [0, 0.05) is 10.6 Å². The number of nitrogens with one attached hydrogen (secondary N) is 1. The second-order valence-electron chi connectivity index (χ2n) is 6.01. The molecule has 2 aromatic heterocycles. The lowest BCUT2D eigenvalue weighted by Crippen LogP contribution is -2.09. The highest BCUT2D eigenvalue weighted by molar-refractivity contribution is 7.19. The van der Waals surface area contributed by atoms with Crippen LogP contribution in [0.2, 0.25) is 5.02 Å². The molecule has 1 N–H and O–H groups in total. The molecule has 2 heterocycles. The van der Waals surface area contributed by atoms with Crippen molar-refractivity contribution >= 4 is 44.7 Å². The number of benzene rings is 1. The average molecular weight is 348 g/mol. The van der Waals surface area contributed by atoms with Gasteiger partial charge in [0.1, 0.15) is 22.8 Å². The molecule has 0 fully saturated rings. The number of fused-ring (bicyclic) bond motifs is 3. The van der Waals surface area contributed by atoms with E-state index in [1.165, 1.54) is 22.9 Å². The summed E-state index contributed by atoms with van der Waals surface area (Å²) in [6.07, 6.45) is 4.93. The molecule has 1 aromatic carbocycles. The van der Waals surface area contributed by atoms with Crippen molar-refractivity contribution in [3.05, 3.63) is 45.8 Å². The minimum absolute atomic E-state index is 0.0986. The lowest BCUT2D eigenvalue weighted by atomic mass is 9.89. The van der Waals surface area contributed by atoms with Crippen LogP contribution in [0.5, 0.6) is 0 Å². The largest absolute Gasteiger partial charge is 0.340 e. The smallest absolute Gasteiger partial charge is 0.142 e. The molecule has 0 spiro atoms. The van der Waals surface area contributed by atoms with Crippen LogP contribution in [0.15, 0.2) is 24.5 Å². The molecule has 23 heavy (non-hydrogen) atoms. The monoisotopic (exact) mass is 347 g/mol. The Hall–Kier alpha value is -1.72. The zero-order chi connectivity index (χ0) is 16.0. The first-order valence-corrected chi connectivity index (χ1v) is 8.78. The molecule has 0 aliphatic heterocycles. The molecule has 1 atom stereocenters. The second-order valence-corrected chi connectivity index (χ2v) is 7.50. The standard InChI is InChI=1S/C17H15ClFN3S/c1-9-2-4-11-14(6-9)23-17-15(11)16(20-8-21-17)22-10-3-5-13(19)12(18)7-10/h3,5,7-9H,2,4,6H2,1H3,(H,20,21,22). The first-order chi connectivity index (χ1) is 11.1. The van der Waals surface area contributed by atoms with Gasteiger partial charge in [0.15, 0.2) is 0 Å². The van der Waals surface area contributed by atoms with Gasteiger partial charge >= 0.3 is 0 Å². The summed E-state index contributed by atoms with van der Waals surface area (Å²) in [7, 11) is 0. The Kier molecular flexibility index (Phi) is 3.70. The van der Waals surface area contributed by atoms with Crippen LogP contribution in [-0.4, -0.2) is 9.97 Å². The SMILES string of the molecule is CC1CCc2c(sc3ncnc(Nc4ccc(F)c(Cl)c4)c23)C1. The molecule has 0 saturated heterocycles. The van der Waals surface area contributed by atoms with Gasteiger partial charge in [-0.3, -0.25) is 0 Å². The van der Waals surface area contributed by atoms with E-state index in [2.05, 4.69) is 22.2 Å². The third-order valence-electron chi connectivity index (χ3n) is 4.27. The first kappa shape index (κ1) is 14.8. The molecule has 118 valence electrons. The molecule has 4 rings (SSSR count). The normalized spacial score (nSPS) is 17.3. The zero-order valence-electron chi connectivity index (χ0n) is 12.6. The Labute approximate surface area is 142 Å². The number of hydrogen-bond acceptors (Lipinski definition) is 4. The van der Waals surface area contributed by atoms with Crippen LogP contribution >= 0.6 is 22.9 Å². The van der Waals surface area contributed by atoms with Crippen LogP contribution in [0, 0.1) is 11.7 Å². The molecule has 6 heteroatoms. The van der Waals surface area contributed by atoms with E-state index >= 15 is 0 Å². The van der Waals surface area contributed by atoms with Crippen LogP contribution < -0.4 is 5.32 Å². The van der Waals surface area contributed by atoms with E-state index in [0.717, 1.165) is 40.5 Å². The summed E-state index contributed by atoms with van der Waals surface area (Å²) in [6.45, 7) is 2.29. The van der Waals surface area contributed by atoms with Crippen LogP contribution in [0.4, 0.5) is 15.9 Å². The molecule has 1 unspecified atom stereocenters. The number of halogens is 2. The summed E-state index contributed by atoms with van der Waals surface area (Å²) in [6, 6.07) is 4.59. The summed E-state index contributed by atoms with van der Waals surface area (Å²) >= 11 is 7.62. The molecule has 3 nitrogen and oxygen atoms in total. The van der Waals surface area contributed by atoms with Gasteiger partial charge in [-0.1, -0.05) is 18.5 Å². The highest BCUT2D eigenvalue weighted by Crippen LogP contribution is 2.40. The van der Waals surface area contributed by atoms with Gasteiger partial charge in [-0.25, -0.2) is 14.4 Å². The Morgan fingerprint density at radius 2 is 2.22 bits per heavy atom. The van der Waals surface area contributed by atoms with Crippen molar-refractivity contribution in [2.45, 2.75) is 26.2 Å². The molecular weight excluding hydrogens is 333 g/mol. The summed E-state index contributed by atoms with van der Waals surface area (Å²) in [4.78, 5) is 11.3. The third-order valence-corrected chi connectivity index (χ3v) is 5.73. The molecule has 1 aliphatic rings. The molecule has 0 amide bonds. The van der Waals surface area contributed by atoms with E-state index < -0.39 is 5.82 Å². The summed E-state index contributed by atoms with van der Waals surface area (Å²) in [5.74, 6) is 1.06. The van der Waals surface area contributed by atoms with Crippen LogP contribution in [0.3, 0.4) is 0 Å². The number of aromatic nitrogens is 2. The van der Waals surface area contributed by atoms with E-state index in [9.17, 15) is 4.39 Å². The lowest BCUT2D eigenvalue weighted by molar-refractivity contribution is 0.509. The van der Waals surface area contributed by atoms with Crippen molar-refractivity contribution < 1.29 is 4.39 Å². The van der Waals surface area contributed by atoms with Crippen molar-refractivity contribution in [3.8, 4) is 0 Å². The fourth-order valence-electron chi connectivity index (χ4n) is 3.08. The van der Waals surface area contributed by atoms with Gasteiger partial charge in [-0.05, 0) is 48.9 Å². The van der Waals surface area contributed by atoms with Crippen molar-refractivity contribution in [3.63, 3.8) is 0 Å². The highest BCUT2D eigenvalue weighted by Gasteiger charge is 2.23. The third kappa shape index (κ3) is 2.68. The second kappa shape index (κ2) is 5.73. The molecule has 0 saturated carbocycles. The summed E-state index contributed by atoms with van der Waals surface area (Å²) in [5.41, 5.74) is 2.08. The fraction of sp³-hybridized carbons (Fsp3) is 0.294. The summed E-state index contributed by atoms with van der Waals surface area (Å²) in [5, 5.41) is 4.46. The number of thiophene rings is 1. The van der Waals surface area contributed by atoms with Crippen molar-refractivity contribution in [2.24, 2.45) is 5.92 Å². The van der Waals surface area contributed by atoms with Gasteiger partial charge in [0.2, 0.25) is 0 Å². The summed E-state index contributed by atoms with van der Waals surface area (Å²) < 4.78 is 13.3. The van der Waals surface area contributed by atoms with E-state index in [0.29, 0.717) is 0 Å². The maximum atomic E-state index is 13.3. The minimum atomic E-state index is -0.424. The van der Waals surface area contributed by atoms with Crippen LogP contribution in [0.1, 0.15) is 23.8 Å². The van der Waals surface area contributed by atoms with Gasteiger partial charge in [0.25, 0.3) is 0 Å². The van der Waals surface area contributed by atoms with Gasteiger partial charge < -0.3 is 5.32 Å². The number of anilines is 2. The molecule has 1 aliphatic carbocycles. The minimum Gasteiger partial charge on any atom is -0.340 e. The number of rotatable bonds is 2. The molecule has 0 radical (unpaired) electrons. The number of nitrogens with zero attached hydrogens (tertiary/aromatic N) is 2. The molecule has 0 bridgehead atoms. The first-order valence-electron chi connectivity index (χ1n) is 7.59. The molecule has 3 aromatic rings. The van der Waals surface area contributed by atoms with E-state index in [-0.39, 0.29) is 5.02 Å². The maximum Gasteiger partial charge on any atom is 0.142 e. The van der Waals surface area contributed by atoms with Gasteiger partial charge in [0.05, 0.1) is 10.4 Å². The van der Waals surface area contributed by atoms with Crippen LogP contribution in [0.25, 0.3) is 10.2 Å². The predicted molar refractivity (Wildman–Crippen MR) is 93.3 cm³/mol. The fourth-order valence-corrected chi connectivity index (χ4v) is 4.61. The van der Waals surface area contributed by atoms with E-state index in [1.54, 1.807) is 29.8 Å². The van der Waals surface area contributed by atoms with Gasteiger partial charge in [-0.2, -0.15) is 0 Å². The van der Waals surface area contributed by atoms with Crippen LogP contribution in [-0.2, 0) is 12.8 Å². The van der Waals surface area contributed by atoms with Gasteiger partial charge in [-0.15, -0.1) is 11.3 Å². The van der Waals surface area contributed by atoms with Crippen molar-refractivity contribution in [1.82, 2.24) is 9.97 Å². The average Bonchev–Trinajstić information content (AvgIpc) is 2.89. The lowest BCUT2D eigenvalue weighted by Gasteiger charge is -2.18. The Balaban J connectivity index is 1.79. The topological polar surface area (TPSA) is 37.8 Å². The Bertz CT molecular complexity index is 893. The number of aryl methyl sites for hydroxylation is 1. The molecular formula is C17H15ClFN3S. The predicted octanol–water partition coefficient (Wildman–Crippen LogP) is 5.35. The Morgan fingerprint density at radius 3 is 3.04 bits per heavy atom. The maximum absolute atomic E-state index is 13.3. The van der Waals surface area contributed by atoms with Crippen molar-refractivity contribution in [2.75, 3.05) is 5.32 Å². The highest BCUT2D eigenvalue weighted by atomic mass is 35.5. The zero-order valence-corrected chi connectivity index (χ0v) is 14.1. The Morgan fingerprint density at radius 1 is 1.35 bits per heavy atom. The van der Waals surface area contributed by atoms with E-state index in [4.69, 9.17) is 11.6 Å². The quantitative estimate of drug-likeness (QED) is 0.678. The van der Waals surface area contributed by atoms with E-state index in [1.807, 2.05) is 0 Å². The van der Waals surface area contributed by atoms with Crippen molar-refractivity contribution in [1.29, 1.82) is 0 Å². The number of hydrogen-bond donors (Lipinski definition) is 1.